The van der Waals surface area contributed by atoms with Gasteiger partial charge in [-0.3, -0.25) is 4.98 Å². The first-order valence-corrected chi connectivity index (χ1v) is 7.86. The Balaban J connectivity index is 0.000000280. The summed E-state index contributed by atoms with van der Waals surface area (Å²) in [4.78, 5) is 3.96. The number of para-hydroxylation sites is 1. The van der Waals surface area contributed by atoms with Crippen LogP contribution in [0.2, 0.25) is 0 Å². The molecule has 0 amide bonds. The predicted octanol–water partition coefficient (Wildman–Crippen LogP) is 3.58. The van der Waals surface area contributed by atoms with E-state index in [-0.39, 0.29) is 0 Å². The minimum Gasteiger partial charge on any atom is -0.456 e. The van der Waals surface area contributed by atoms with Gasteiger partial charge in [0.25, 0.3) is 0 Å². The molecule has 4 nitrogen and oxygen atoms in total. The minimum absolute atomic E-state index is 0.758. The summed E-state index contributed by atoms with van der Waals surface area (Å²) in [6.07, 6.45) is 3.41. The van der Waals surface area contributed by atoms with Crippen molar-refractivity contribution in [1.82, 2.24) is 4.98 Å². The van der Waals surface area contributed by atoms with Gasteiger partial charge in [-0.05, 0) is 24.3 Å². The Hall–Kier alpha value is -1.30. The van der Waals surface area contributed by atoms with Crippen LogP contribution in [-0.4, -0.2) is 13.4 Å². The molecule has 18 heavy (non-hydrogen) atoms. The summed E-state index contributed by atoms with van der Waals surface area (Å²) in [6.45, 7) is 0. The van der Waals surface area contributed by atoms with E-state index in [1.807, 2.05) is 42.5 Å². The van der Waals surface area contributed by atoms with Gasteiger partial charge in [0, 0.05) is 27.6 Å². The number of rotatable bonds is 2. The van der Waals surface area contributed by atoms with Crippen LogP contribution < -0.4 is 4.74 Å². The van der Waals surface area contributed by atoms with Crippen LogP contribution in [0.5, 0.6) is 11.5 Å². The van der Waals surface area contributed by atoms with Crippen LogP contribution in [0.3, 0.4) is 0 Å². The lowest BCUT2D eigenvalue weighted by atomic mass is 10.3. The van der Waals surface area contributed by atoms with Gasteiger partial charge in [-0.15, -0.1) is 0 Å². The Morgan fingerprint density at radius 3 is 2.00 bits per heavy atom. The number of ether oxygens (including phenoxy) is 1. The fourth-order valence-electron chi connectivity index (χ4n) is 1.03. The van der Waals surface area contributed by atoms with Crippen LogP contribution in [0.15, 0.2) is 54.9 Å². The van der Waals surface area contributed by atoms with Gasteiger partial charge in [-0.25, -0.2) is 0 Å². The molecule has 2 rings (SSSR count). The highest BCUT2D eigenvalue weighted by Crippen LogP contribution is 2.18. The average molecular weight is 306 g/mol. The first kappa shape index (κ1) is 14.8. The van der Waals surface area contributed by atoms with E-state index in [0.29, 0.717) is 0 Å². The van der Waals surface area contributed by atoms with Crippen molar-refractivity contribution in [2.75, 3.05) is 0 Å². The van der Waals surface area contributed by atoms with Gasteiger partial charge in [0.05, 0.1) is 6.20 Å². The van der Waals surface area contributed by atoms with Gasteiger partial charge in [-0.2, -0.15) is 8.42 Å². The maximum atomic E-state index is 9.16. The van der Waals surface area contributed by atoms with Gasteiger partial charge < -0.3 is 4.74 Å². The second kappa shape index (κ2) is 7.20. The van der Waals surface area contributed by atoms with E-state index in [4.69, 9.17) is 13.2 Å². The summed E-state index contributed by atoms with van der Waals surface area (Å²) < 4.78 is 23.8. The summed E-state index contributed by atoms with van der Waals surface area (Å²) in [7, 11) is 4.81. The molecular formula is C11H9Cl2NO3S. The van der Waals surface area contributed by atoms with Crippen molar-refractivity contribution >= 4 is 29.6 Å². The second-order valence-corrected chi connectivity index (χ2v) is 6.65. The molecule has 0 radical (unpaired) electrons. The highest BCUT2D eigenvalue weighted by molar-refractivity contribution is 8.31. The maximum Gasteiger partial charge on any atom is 0.317 e. The van der Waals surface area contributed by atoms with Crippen molar-refractivity contribution in [3.05, 3.63) is 54.9 Å². The average Bonchev–Trinajstić information content (AvgIpc) is 2.29. The molecule has 0 aliphatic heterocycles. The largest absolute Gasteiger partial charge is 0.456 e. The van der Waals surface area contributed by atoms with Crippen molar-refractivity contribution in [2.24, 2.45) is 0 Å². The Bertz CT molecular complexity index is 516. The summed E-state index contributed by atoms with van der Waals surface area (Å²) in [5.41, 5.74) is 0. The standard InChI is InChI=1S/C11H9NO.Cl2O2S/c1-2-5-10(6-3-1)13-11-7-4-8-12-9-11;1-5(2,3)4/h1-9H;. The normalized spacial score (nSPS) is 10.1. The first-order chi connectivity index (χ1) is 8.45. The Morgan fingerprint density at radius 1 is 0.944 bits per heavy atom. The van der Waals surface area contributed by atoms with Gasteiger partial charge >= 0.3 is 8.26 Å². The predicted molar refractivity (Wildman–Crippen MR) is 71.4 cm³/mol. The van der Waals surface area contributed by atoms with E-state index in [0.717, 1.165) is 11.5 Å². The smallest absolute Gasteiger partial charge is 0.317 e. The molecule has 7 heteroatoms. The fraction of sp³-hybridized carbons (Fsp3) is 0. The summed E-state index contributed by atoms with van der Waals surface area (Å²) in [5, 5.41) is 0. The first-order valence-electron chi connectivity index (χ1n) is 4.72. The van der Waals surface area contributed by atoms with E-state index >= 15 is 0 Å². The highest BCUT2D eigenvalue weighted by Gasteiger charge is 1.93. The third kappa shape index (κ3) is 7.89. The molecule has 0 unspecified atom stereocenters. The van der Waals surface area contributed by atoms with Crippen LogP contribution >= 0.6 is 21.4 Å². The third-order valence-electron chi connectivity index (χ3n) is 1.61. The number of hydrogen-bond donors (Lipinski definition) is 0. The van der Waals surface area contributed by atoms with E-state index in [1.165, 1.54) is 0 Å². The van der Waals surface area contributed by atoms with Crippen LogP contribution in [-0.2, 0) is 8.26 Å². The molecule has 96 valence electrons. The molecular weight excluding hydrogens is 297 g/mol. The van der Waals surface area contributed by atoms with Gasteiger partial charge in [0.2, 0.25) is 0 Å². The number of nitrogens with zero attached hydrogens (tertiary/aromatic N) is 1. The van der Waals surface area contributed by atoms with Crippen molar-refractivity contribution < 1.29 is 13.2 Å². The van der Waals surface area contributed by atoms with Crippen LogP contribution in [0.1, 0.15) is 0 Å². The quantitative estimate of drug-likeness (QED) is 0.796. The summed E-state index contributed by atoms with van der Waals surface area (Å²) in [6, 6.07) is 13.4. The van der Waals surface area contributed by atoms with E-state index in [2.05, 4.69) is 26.3 Å². The van der Waals surface area contributed by atoms with Crippen LogP contribution in [0.25, 0.3) is 0 Å². The van der Waals surface area contributed by atoms with E-state index in [9.17, 15) is 0 Å². The molecule has 0 bridgehead atoms. The zero-order valence-corrected chi connectivity index (χ0v) is 11.4. The molecule has 0 fully saturated rings. The Labute approximate surface area is 114 Å². The molecule has 0 aliphatic rings. The third-order valence-corrected chi connectivity index (χ3v) is 1.61. The van der Waals surface area contributed by atoms with E-state index < -0.39 is 8.26 Å². The van der Waals surface area contributed by atoms with Crippen molar-refractivity contribution in [2.45, 2.75) is 0 Å². The molecule has 0 saturated carbocycles. The lowest BCUT2D eigenvalue weighted by Gasteiger charge is -2.03. The van der Waals surface area contributed by atoms with Crippen molar-refractivity contribution in [3.63, 3.8) is 0 Å². The molecule has 0 aliphatic carbocycles. The topological polar surface area (TPSA) is 56.3 Å². The molecule has 1 aromatic heterocycles. The molecule has 0 atom stereocenters. The summed E-state index contributed by atoms with van der Waals surface area (Å²) in [5.74, 6) is 1.59. The lowest BCUT2D eigenvalue weighted by Crippen LogP contribution is -1.83. The number of benzene rings is 1. The number of pyridine rings is 1. The Kier molecular flexibility index (Phi) is 5.91. The zero-order chi connectivity index (χ0) is 13.4. The monoisotopic (exact) mass is 305 g/mol. The second-order valence-electron chi connectivity index (χ2n) is 2.98. The van der Waals surface area contributed by atoms with E-state index in [1.54, 1.807) is 12.4 Å². The highest BCUT2D eigenvalue weighted by atomic mass is 36.0. The number of hydrogen-bond acceptors (Lipinski definition) is 4. The SMILES string of the molecule is O=S(=O)(Cl)Cl.c1ccc(Oc2cccnc2)cc1. The fourth-order valence-corrected chi connectivity index (χ4v) is 1.03. The molecule has 0 saturated heterocycles. The molecule has 1 aromatic carbocycles. The number of aromatic nitrogens is 1. The van der Waals surface area contributed by atoms with Gasteiger partial charge in [0.15, 0.2) is 0 Å². The zero-order valence-electron chi connectivity index (χ0n) is 9.03. The summed E-state index contributed by atoms with van der Waals surface area (Å²) >= 11 is 0. The number of halogens is 2. The molecule has 2 aromatic rings. The van der Waals surface area contributed by atoms with Crippen LogP contribution in [0, 0.1) is 0 Å². The molecule has 0 spiro atoms. The van der Waals surface area contributed by atoms with Gasteiger partial charge in [0.1, 0.15) is 11.5 Å². The van der Waals surface area contributed by atoms with Crippen LogP contribution in [0.4, 0.5) is 0 Å². The maximum absolute atomic E-state index is 9.16. The molecule has 0 N–H and O–H groups in total. The Morgan fingerprint density at radius 2 is 1.50 bits per heavy atom. The lowest BCUT2D eigenvalue weighted by molar-refractivity contribution is 0.480. The van der Waals surface area contributed by atoms with Gasteiger partial charge in [-0.1, -0.05) is 18.2 Å². The molecule has 1 heterocycles. The minimum atomic E-state index is -3.72. The van der Waals surface area contributed by atoms with Crippen molar-refractivity contribution in [3.8, 4) is 11.5 Å². The van der Waals surface area contributed by atoms with Crippen molar-refractivity contribution in [1.29, 1.82) is 0 Å².